The fourth-order valence-electron chi connectivity index (χ4n) is 1.92. The van der Waals surface area contributed by atoms with Crippen LogP contribution < -0.4 is 10.6 Å². The van der Waals surface area contributed by atoms with Crippen molar-refractivity contribution in [2.75, 3.05) is 18.5 Å². The number of nitrogens with zero attached hydrogens (tertiary/aromatic N) is 2. The molecule has 0 aliphatic heterocycles. The average molecular weight is 261 g/mol. The number of likely N-dealkylation sites (N-methyl/N-ethyl adjacent to an activating group) is 1. The lowest BCUT2D eigenvalue weighted by molar-refractivity contribution is 0.785. The van der Waals surface area contributed by atoms with Crippen molar-refractivity contribution in [3.05, 3.63) is 46.3 Å². The molecule has 0 aromatic carbocycles. The molecule has 3 nitrogen and oxygen atoms in total. The van der Waals surface area contributed by atoms with Gasteiger partial charge in [0.1, 0.15) is 5.82 Å². The summed E-state index contributed by atoms with van der Waals surface area (Å²) in [6, 6.07) is 8.26. The SMILES string of the molecule is C[C@@H](N)c1cccnc1N(C)CCc1cccs1. The molecule has 0 radical (unpaired) electrons. The van der Waals surface area contributed by atoms with Gasteiger partial charge in [0.05, 0.1) is 0 Å². The van der Waals surface area contributed by atoms with Crippen molar-refractivity contribution in [3.63, 3.8) is 0 Å². The summed E-state index contributed by atoms with van der Waals surface area (Å²) in [5, 5.41) is 2.11. The Balaban J connectivity index is 2.06. The van der Waals surface area contributed by atoms with E-state index in [0.29, 0.717) is 0 Å². The molecule has 2 aromatic heterocycles. The Labute approximate surface area is 112 Å². The molecular weight excluding hydrogens is 242 g/mol. The van der Waals surface area contributed by atoms with Gasteiger partial charge >= 0.3 is 0 Å². The van der Waals surface area contributed by atoms with Crippen molar-refractivity contribution in [1.29, 1.82) is 0 Å². The van der Waals surface area contributed by atoms with E-state index in [1.165, 1.54) is 4.88 Å². The van der Waals surface area contributed by atoms with Crippen molar-refractivity contribution < 1.29 is 0 Å². The van der Waals surface area contributed by atoms with Crippen molar-refractivity contribution in [1.82, 2.24) is 4.98 Å². The van der Waals surface area contributed by atoms with Gasteiger partial charge in [-0.15, -0.1) is 11.3 Å². The van der Waals surface area contributed by atoms with Crippen molar-refractivity contribution in [2.24, 2.45) is 5.73 Å². The van der Waals surface area contributed by atoms with Crippen LogP contribution in [0, 0.1) is 0 Å². The van der Waals surface area contributed by atoms with Crippen LogP contribution in [0.4, 0.5) is 5.82 Å². The van der Waals surface area contributed by atoms with Crippen LogP contribution in [0.25, 0.3) is 0 Å². The largest absolute Gasteiger partial charge is 0.359 e. The first-order valence-electron chi connectivity index (χ1n) is 6.12. The molecule has 0 saturated heterocycles. The summed E-state index contributed by atoms with van der Waals surface area (Å²) in [5.41, 5.74) is 7.08. The van der Waals surface area contributed by atoms with Gasteiger partial charge in [0.15, 0.2) is 0 Å². The molecular formula is C14H19N3S. The van der Waals surface area contributed by atoms with Crippen LogP contribution in [0.3, 0.4) is 0 Å². The molecule has 0 spiro atoms. The van der Waals surface area contributed by atoms with Crippen molar-refractivity contribution in [2.45, 2.75) is 19.4 Å². The van der Waals surface area contributed by atoms with Gasteiger partial charge in [-0.3, -0.25) is 0 Å². The molecule has 0 fully saturated rings. The number of thiophene rings is 1. The normalized spacial score (nSPS) is 12.4. The minimum atomic E-state index is 0.0119. The van der Waals surface area contributed by atoms with E-state index in [-0.39, 0.29) is 6.04 Å². The van der Waals surface area contributed by atoms with E-state index in [2.05, 4.69) is 40.5 Å². The van der Waals surface area contributed by atoms with Gasteiger partial charge in [0, 0.05) is 36.3 Å². The molecule has 2 heterocycles. The second-order valence-electron chi connectivity index (χ2n) is 4.46. The van der Waals surface area contributed by atoms with Gasteiger partial charge in [0.2, 0.25) is 0 Å². The minimum Gasteiger partial charge on any atom is -0.359 e. The molecule has 0 bridgehead atoms. The molecule has 18 heavy (non-hydrogen) atoms. The summed E-state index contributed by atoms with van der Waals surface area (Å²) in [5.74, 6) is 0.990. The third-order valence-electron chi connectivity index (χ3n) is 2.94. The average Bonchev–Trinajstić information content (AvgIpc) is 2.89. The molecule has 2 aromatic rings. The Morgan fingerprint density at radius 1 is 1.39 bits per heavy atom. The summed E-state index contributed by atoms with van der Waals surface area (Å²) < 4.78 is 0. The first-order valence-corrected chi connectivity index (χ1v) is 7.00. The van der Waals surface area contributed by atoms with E-state index in [1.54, 1.807) is 11.3 Å². The molecule has 0 aliphatic carbocycles. The third kappa shape index (κ3) is 3.09. The van der Waals surface area contributed by atoms with Crippen LogP contribution in [0.1, 0.15) is 23.4 Å². The number of aromatic nitrogens is 1. The Morgan fingerprint density at radius 3 is 2.89 bits per heavy atom. The second-order valence-corrected chi connectivity index (χ2v) is 5.49. The van der Waals surface area contributed by atoms with E-state index in [0.717, 1.165) is 24.3 Å². The Hall–Kier alpha value is -1.39. The Bertz CT molecular complexity index is 480. The van der Waals surface area contributed by atoms with Gasteiger partial charge < -0.3 is 10.6 Å². The van der Waals surface area contributed by atoms with Crippen LogP contribution in [-0.4, -0.2) is 18.6 Å². The molecule has 0 amide bonds. The van der Waals surface area contributed by atoms with Gasteiger partial charge in [0.25, 0.3) is 0 Å². The zero-order valence-electron chi connectivity index (χ0n) is 10.8. The van der Waals surface area contributed by atoms with E-state index in [9.17, 15) is 0 Å². The topological polar surface area (TPSA) is 42.1 Å². The summed E-state index contributed by atoms with van der Waals surface area (Å²) in [4.78, 5) is 8.03. The Kier molecular flexibility index (Phi) is 4.33. The van der Waals surface area contributed by atoms with E-state index in [4.69, 9.17) is 5.73 Å². The van der Waals surface area contributed by atoms with Gasteiger partial charge in [-0.25, -0.2) is 4.98 Å². The van der Waals surface area contributed by atoms with Crippen molar-refractivity contribution in [3.8, 4) is 0 Å². The standard InChI is InChI=1S/C14H19N3S/c1-11(15)13-6-3-8-16-14(13)17(2)9-7-12-5-4-10-18-12/h3-6,8,10-11H,7,9,15H2,1-2H3/t11-/m1/s1. The number of nitrogens with two attached hydrogens (primary N) is 1. The lowest BCUT2D eigenvalue weighted by Crippen LogP contribution is -2.24. The minimum absolute atomic E-state index is 0.0119. The predicted octanol–water partition coefficient (Wildman–Crippen LogP) is 2.84. The molecule has 0 saturated carbocycles. The lowest BCUT2D eigenvalue weighted by atomic mass is 10.1. The lowest BCUT2D eigenvalue weighted by Gasteiger charge is -2.22. The maximum atomic E-state index is 5.98. The predicted molar refractivity (Wildman–Crippen MR) is 78.1 cm³/mol. The van der Waals surface area contributed by atoms with Crippen LogP contribution in [-0.2, 0) is 6.42 Å². The molecule has 0 unspecified atom stereocenters. The Morgan fingerprint density at radius 2 is 2.22 bits per heavy atom. The number of hydrogen-bond donors (Lipinski definition) is 1. The van der Waals surface area contributed by atoms with E-state index in [1.807, 2.05) is 19.2 Å². The monoisotopic (exact) mass is 261 g/mol. The fraction of sp³-hybridized carbons (Fsp3) is 0.357. The van der Waals surface area contributed by atoms with Crippen LogP contribution in [0.2, 0.25) is 0 Å². The highest BCUT2D eigenvalue weighted by Crippen LogP contribution is 2.21. The first kappa shape index (κ1) is 13.1. The van der Waals surface area contributed by atoms with Crippen LogP contribution in [0.15, 0.2) is 35.8 Å². The molecule has 4 heteroatoms. The third-order valence-corrected chi connectivity index (χ3v) is 3.88. The quantitative estimate of drug-likeness (QED) is 0.900. The summed E-state index contributed by atoms with van der Waals surface area (Å²) in [6.45, 7) is 2.95. The number of rotatable bonds is 5. The second kappa shape index (κ2) is 5.98. The highest BCUT2D eigenvalue weighted by molar-refractivity contribution is 7.09. The summed E-state index contributed by atoms with van der Waals surface area (Å²) >= 11 is 1.80. The van der Waals surface area contributed by atoms with Crippen molar-refractivity contribution >= 4 is 17.2 Å². The van der Waals surface area contributed by atoms with Gasteiger partial charge in [-0.2, -0.15) is 0 Å². The number of hydrogen-bond acceptors (Lipinski definition) is 4. The molecule has 1 atom stereocenters. The number of anilines is 1. The van der Waals surface area contributed by atoms with Gasteiger partial charge in [-0.1, -0.05) is 12.1 Å². The maximum absolute atomic E-state index is 5.98. The smallest absolute Gasteiger partial charge is 0.133 e. The number of pyridine rings is 1. The van der Waals surface area contributed by atoms with Crippen LogP contribution >= 0.6 is 11.3 Å². The molecule has 96 valence electrons. The highest BCUT2D eigenvalue weighted by atomic mass is 32.1. The van der Waals surface area contributed by atoms with E-state index >= 15 is 0 Å². The molecule has 2 N–H and O–H groups in total. The highest BCUT2D eigenvalue weighted by Gasteiger charge is 2.11. The molecule has 2 rings (SSSR count). The zero-order valence-corrected chi connectivity index (χ0v) is 11.7. The fourth-order valence-corrected chi connectivity index (χ4v) is 2.62. The zero-order chi connectivity index (χ0) is 13.0. The van der Waals surface area contributed by atoms with Crippen LogP contribution in [0.5, 0.6) is 0 Å². The summed E-state index contributed by atoms with van der Waals surface area (Å²) in [6.07, 6.45) is 2.87. The maximum Gasteiger partial charge on any atom is 0.133 e. The molecule has 0 aliphatic rings. The van der Waals surface area contributed by atoms with Gasteiger partial charge in [-0.05, 0) is 30.9 Å². The first-order chi connectivity index (χ1) is 8.68. The summed E-state index contributed by atoms with van der Waals surface area (Å²) in [7, 11) is 2.07. The van der Waals surface area contributed by atoms with E-state index < -0.39 is 0 Å².